The SMILES string of the molecule is CC(c1ccc(Cl)cc1Cl)N1CCOC(CN)C1.Cl. The Hall–Kier alpha value is -0.0300. The lowest BCUT2D eigenvalue weighted by molar-refractivity contribution is -0.0364. The molecule has 1 fully saturated rings. The summed E-state index contributed by atoms with van der Waals surface area (Å²) in [4.78, 5) is 2.34. The minimum Gasteiger partial charge on any atom is -0.374 e. The van der Waals surface area contributed by atoms with E-state index >= 15 is 0 Å². The second kappa shape index (κ2) is 7.67. The van der Waals surface area contributed by atoms with Gasteiger partial charge in [0, 0.05) is 35.7 Å². The zero-order chi connectivity index (χ0) is 13.1. The maximum atomic E-state index is 6.25. The smallest absolute Gasteiger partial charge is 0.0824 e. The molecular formula is C13H19Cl3N2O. The van der Waals surface area contributed by atoms with Crippen LogP contribution in [-0.4, -0.2) is 37.2 Å². The zero-order valence-electron chi connectivity index (χ0n) is 10.8. The van der Waals surface area contributed by atoms with Gasteiger partial charge in [0.2, 0.25) is 0 Å². The van der Waals surface area contributed by atoms with Crippen molar-refractivity contribution in [1.82, 2.24) is 4.90 Å². The Morgan fingerprint density at radius 1 is 1.47 bits per heavy atom. The van der Waals surface area contributed by atoms with Crippen LogP contribution < -0.4 is 5.73 Å². The Morgan fingerprint density at radius 2 is 2.21 bits per heavy atom. The van der Waals surface area contributed by atoms with Crippen molar-refractivity contribution in [3.8, 4) is 0 Å². The van der Waals surface area contributed by atoms with Crippen LogP contribution in [0, 0.1) is 0 Å². The second-order valence-electron chi connectivity index (χ2n) is 4.57. The molecule has 0 radical (unpaired) electrons. The number of rotatable bonds is 3. The maximum Gasteiger partial charge on any atom is 0.0824 e. The third-order valence-electron chi connectivity index (χ3n) is 3.39. The lowest BCUT2D eigenvalue weighted by atomic mass is 10.1. The number of halogens is 3. The van der Waals surface area contributed by atoms with Crippen LogP contribution in [0.15, 0.2) is 18.2 Å². The Labute approximate surface area is 130 Å². The molecule has 3 nitrogen and oxygen atoms in total. The van der Waals surface area contributed by atoms with E-state index in [0.29, 0.717) is 16.6 Å². The van der Waals surface area contributed by atoms with Crippen LogP contribution in [0.4, 0.5) is 0 Å². The summed E-state index contributed by atoms with van der Waals surface area (Å²) >= 11 is 12.2. The van der Waals surface area contributed by atoms with Crippen LogP contribution in [-0.2, 0) is 4.74 Å². The van der Waals surface area contributed by atoms with Gasteiger partial charge < -0.3 is 10.5 Å². The summed E-state index contributed by atoms with van der Waals surface area (Å²) in [6.45, 7) is 5.16. The van der Waals surface area contributed by atoms with Crippen LogP contribution in [0.3, 0.4) is 0 Å². The summed E-state index contributed by atoms with van der Waals surface area (Å²) in [6.07, 6.45) is 0.118. The fourth-order valence-corrected chi connectivity index (χ4v) is 2.84. The van der Waals surface area contributed by atoms with Crippen LogP contribution >= 0.6 is 35.6 Å². The highest BCUT2D eigenvalue weighted by molar-refractivity contribution is 6.35. The molecule has 108 valence electrons. The molecule has 2 rings (SSSR count). The third kappa shape index (κ3) is 4.22. The molecule has 1 aliphatic heterocycles. The van der Waals surface area contributed by atoms with Crippen molar-refractivity contribution in [2.24, 2.45) is 5.73 Å². The Kier molecular flexibility index (Phi) is 6.87. The van der Waals surface area contributed by atoms with Crippen molar-refractivity contribution >= 4 is 35.6 Å². The molecule has 0 spiro atoms. The molecule has 6 heteroatoms. The topological polar surface area (TPSA) is 38.5 Å². The summed E-state index contributed by atoms with van der Waals surface area (Å²) < 4.78 is 5.57. The van der Waals surface area contributed by atoms with Crippen molar-refractivity contribution < 1.29 is 4.74 Å². The molecule has 1 saturated heterocycles. The van der Waals surface area contributed by atoms with Gasteiger partial charge in [-0.1, -0.05) is 29.3 Å². The highest BCUT2D eigenvalue weighted by Crippen LogP contribution is 2.30. The van der Waals surface area contributed by atoms with E-state index in [2.05, 4.69) is 11.8 Å². The molecular weight excluding hydrogens is 307 g/mol. The lowest BCUT2D eigenvalue weighted by Gasteiger charge is -2.36. The van der Waals surface area contributed by atoms with Gasteiger partial charge in [-0.2, -0.15) is 0 Å². The van der Waals surface area contributed by atoms with Gasteiger partial charge in [0.25, 0.3) is 0 Å². The first kappa shape index (κ1) is 17.0. The molecule has 19 heavy (non-hydrogen) atoms. The number of hydrogen-bond donors (Lipinski definition) is 1. The quantitative estimate of drug-likeness (QED) is 0.928. The number of nitrogens with zero attached hydrogens (tertiary/aromatic N) is 1. The number of ether oxygens (including phenoxy) is 1. The first-order valence-electron chi connectivity index (χ1n) is 6.12. The summed E-state index contributed by atoms with van der Waals surface area (Å²) in [5.41, 5.74) is 6.75. The molecule has 1 heterocycles. The van der Waals surface area contributed by atoms with Crippen molar-refractivity contribution in [3.63, 3.8) is 0 Å². The van der Waals surface area contributed by atoms with Gasteiger partial charge in [0.15, 0.2) is 0 Å². The van der Waals surface area contributed by atoms with Gasteiger partial charge in [0.05, 0.1) is 12.7 Å². The Balaban J connectivity index is 0.00000180. The van der Waals surface area contributed by atoms with Gasteiger partial charge in [0.1, 0.15) is 0 Å². The van der Waals surface area contributed by atoms with Gasteiger partial charge in [-0.15, -0.1) is 12.4 Å². The van der Waals surface area contributed by atoms with Crippen LogP contribution in [0.1, 0.15) is 18.5 Å². The molecule has 1 aromatic carbocycles. The zero-order valence-corrected chi connectivity index (χ0v) is 13.1. The third-order valence-corrected chi connectivity index (χ3v) is 3.96. The molecule has 0 amide bonds. The molecule has 0 aliphatic carbocycles. The number of morpholine rings is 1. The first-order chi connectivity index (χ1) is 8.61. The highest BCUT2D eigenvalue weighted by atomic mass is 35.5. The van der Waals surface area contributed by atoms with E-state index in [1.165, 1.54) is 0 Å². The number of hydrogen-bond acceptors (Lipinski definition) is 3. The first-order valence-corrected chi connectivity index (χ1v) is 6.88. The fourth-order valence-electron chi connectivity index (χ4n) is 2.27. The molecule has 2 unspecified atom stereocenters. The minimum absolute atomic E-state index is 0. The van der Waals surface area contributed by atoms with E-state index < -0.39 is 0 Å². The molecule has 1 aromatic rings. The fraction of sp³-hybridized carbons (Fsp3) is 0.538. The minimum atomic E-state index is 0. The van der Waals surface area contributed by atoms with Crippen LogP contribution in [0.5, 0.6) is 0 Å². The Morgan fingerprint density at radius 3 is 2.84 bits per heavy atom. The van der Waals surface area contributed by atoms with Crippen molar-refractivity contribution in [2.75, 3.05) is 26.2 Å². The monoisotopic (exact) mass is 324 g/mol. The summed E-state index contributed by atoms with van der Waals surface area (Å²) in [6, 6.07) is 5.89. The lowest BCUT2D eigenvalue weighted by Crippen LogP contribution is -2.46. The summed E-state index contributed by atoms with van der Waals surface area (Å²) in [7, 11) is 0. The predicted octanol–water partition coefficient (Wildman–Crippen LogP) is 3.14. The average molecular weight is 326 g/mol. The molecule has 1 aliphatic rings. The second-order valence-corrected chi connectivity index (χ2v) is 5.41. The Bertz CT molecular complexity index is 417. The van der Waals surface area contributed by atoms with Crippen molar-refractivity contribution in [2.45, 2.75) is 19.1 Å². The van der Waals surface area contributed by atoms with E-state index in [4.69, 9.17) is 33.7 Å². The van der Waals surface area contributed by atoms with E-state index in [1.54, 1.807) is 6.07 Å². The van der Waals surface area contributed by atoms with E-state index in [0.717, 1.165) is 25.3 Å². The molecule has 0 bridgehead atoms. The molecule has 0 saturated carbocycles. The number of nitrogens with two attached hydrogens (primary N) is 1. The van der Waals surface area contributed by atoms with E-state index in [1.807, 2.05) is 12.1 Å². The van der Waals surface area contributed by atoms with E-state index in [-0.39, 0.29) is 24.6 Å². The van der Waals surface area contributed by atoms with Crippen LogP contribution in [0.2, 0.25) is 10.0 Å². The average Bonchev–Trinajstić information content (AvgIpc) is 2.38. The molecule has 0 aromatic heterocycles. The maximum absolute atomic E-state index is 6.25. The van der Waals surface area contributed by atoms with Gasteiger partial charge >= 0.3 is 0 Å². The van der Waals surface area contributed by atoms with Crippen molar-refractivity contribution in [3.05, 3.63) is 33.8 Å². The van der Waals surface area contributed by atoms with Crippen LogP contribution in [0.25, 0.3) is 0 Å². The molecule has 2 atom stereocenters. The largest absolute Gasteiger partial charge is 0.374 e. The summed E-state index contributed by atoms with van der Waals surface area (Å²) in [5.74, 6) is 0. The van der Waals surface area contributed by atoms with E-state index in [9.17, 15) is 0 Å². The predicted molar refractivity (Wildman–Crippen MR) is 82.5 cm³/mol. The number of benzene rings is 1. The summed E-state index contributed by atoms with van der Waals surface area (Å²) in [5, 5.41) is 1.38. The molecule has 2 N–H and O–H groups in total. The van der Waals surface area contributed by atoms with Gasteiger partial charge in [-0.3, -0.25) is 4.90 Å². The van der Waals surface area contributed by atoms with Crippen molar-refractivity contribution in [1.29, 1.82) is 0 Å². The van der Waals surface area contributed by atoms with Gasteiger partial charge in [-0.25, -0.2) is 0 Å². The van der Waals surface area contributed by atoms with Gasteiger partial charge in [-0.05, 0) is 24.6 Å². The highest BCUT2D eigenvalue weighted by Gasteiger charge is 2.25. The standard InChI is InChI=1S/C13H18Cl2N2O.ClH/c1-9(12-3-2-10(14)6-13(12)15)17-4-5-18-11(7-16)8-17;/h2-3,6,9,11H,4-5,7-8,16H2,1H3;1H. The normalized spacial score (nSPS) is 21.8.